The first-order valence-electron chi connectivity index (χ1n) is 7.78. The Morgan fingerprint density at radius 3 is 2.57 bits per heavy atom. The fourth-order valence-electron chi connectivity index (χ4n) is 2.50. The second kappa shape index (κ2) is 7.46. The number of aliphatic hydroxyl groups is 1. The number of aliphatic hydroxyl groups excluding tert-OH is 1. The molecule has 116 valence electrons. The maximum Gasteiger partial charge on any atom is 0.251 e. The maximum atomic E-state index is 12.2. The van der Waals surface area contributed by atoms with Crippen LogP contribution in [0.2, 0.25) is 0 Å². The molecule has 2 atom stereocenters. The van der Waals surface area contributed by atoms with Crippen molar-refractivity contribution < 1.29 is 14.6 Å². The van der Waals surface area contributed by atoms with Gasteiger partial charge in [0.05, 0.1) is 18.8 Å². The van der Waals surface area contributed by atoms with Gasteiger partial charge in [-0.05, 0) is 43.0 Å². The Morgan fingerprint density at radius 2 is 1.95 bits per heavy atom. The summed E-state index contributed by atoms with van der Waals surface area (Å²) in [6.07, 6.45) is 3.30. The molecule has 1 fully saturated rings. The van der Waals surface area contributed by atoms with Crippen LogP contribution in [0.25, 0.3) is 0 Å². The molecule has 0 saturated heterocycles. The van der Waals surface area contributed by atoms with Gasteiger partial charge in [0.1, 0.15) is 5.75 Å². The molecule has 0 spiro atoms. The van der Waals surface area contributed by atoms with E-state index in [0.717, 1.165) is 31.4 Å². The van der Waals surface area contributed by atoms with Gasteiger partial charge in [0.25, 0.3) is 5.91 Å². The van der Waals surface area contributed by atoms with Gasteiger partial charge in [0.2, 0.25) is 0 Å². The zero-order valence-electron chi connectivity index (χ0n) is 12.8. The summed E-state index contributed by atoms with van der Waals surface area (Å²) in [6.45, 7) is 4.86. The molecule has 1 aromatic carbocycles. The molecule has 0 heterocycles. The minimum atomic E-state index is -0.420. The van der Waals surface area contributed by atoms with E-state index in [2.05, 4.69) is 19.2 Å². The van der Waals surface area contributed by atoms with Crippen molar-refractivity contribution in [2.24, 2.45) is 5.92 Å². The highest BCUT2D eigenvalue weighted by Crippen LogP contribution is 2.19. The fraction of sp³-hybridized carbons (Fsp3) is 0.588. The van der Waals surface area contributed by atoms with Crippen LogP contribution in [-0.2, 0) is 0 Å². The summed E-state index contributed by atoms with van der Waals surface area (Å²) in [5.74, 6) is 1.12. The molecule has 2 rings (SSSR count). The van der Waals surface area contributed by atoms with E-state index in [0.29, 0.717) is 18.1 Å². The molecule has 1 aliphatic rings. The Balaban J connectivity index is 1.90. The number of carbonyl (C=O) groups is 1. The van der Waals surface area contributed by atoms with Gasteiger partial charge >= 0.3 is 0 Å². The normalized spacial score (nSPS) is 22.1. The Bertz CT molecular complexity index is 456. The van der Waals surface area contributed by atoms with E-state index in [1.165, 1.54) is 0 Å². The number of ether oxygens (including phenoxy) is 1. The minimum absolute atomic E-state index is 0.122. The number of nitrogens with one attached hydrogen (secondary N) is 1. The number of carbonyl (C=O) groups excluding carboxylic acids is 1. The predicted octanol–water partition coefficient (Wildman–Crippen LogP) is 2.75. The van der Waals surface area contributed by atoms with Crippen LogP contribution in [0.15, 0.2) is 24.3 Å². The van der Waals surface area contributed by atoms with Crippen LogP contribution in [0.5, 0.6) is 5.75 Å². The summed E-state index contributed by atoms with van der Waals surface area (Å²) in [5, 5.41) is 12.8. The van der Waals surface area contributed by atoms with Crippen molar-refractivity contribution in [3.63, 3.8) is 0 Å². The second-order valence-electron chi connectivity index (χ2n) is 6.16. The third kappa shape index (κ3) is 4.74. The van der Waals surface area contributed by atoms with Crippen LogP contribution in [-0.4, -0.2) is 29.8 Å². The minimum Gasteiger partial charge on any atom is -0.493 e. The molecule has 0 bridgehead atoms. The van der Waals surface area contributed by atoms with E-state index in [-0.39, 0.29) is 11.9 Å². The van der Waals surface area contributed by atoms with Crippen LogP contribution in [0.3, 0.4) is 0 Å². The van der Waals surface area contributed by atoms with E-state index in [4.69, 9.17) is 4.74 Å². The maximum absolute atomic E-state index is 12.2. The third-order valence-corrected chi connectivity index (χ3v) is 3.75. The zero-order chi connectivity index (χ0) is 15.2. The first-order valence-corrected chi connectivity index (χ1v) is 7.78. The summed E-state index contributed by atoms with van der Waals surface area (Å²) in [6, 6.07) is 7.03. The van der Waals surface area contributed by atoms with Gasteiger partial charge in [-0.1, -0.05) is 26.7 Å². The molecular formula is C17H25NO3. The van der Waals surface area contributed by atoms with E-state index in [1.807, 2.05) is 12.1 Å². The highest BCUT2D eigenvalue weighted by molar-refractivity contribution is 5.94. The standard InChI is InChI=1S/C17H25NO3/c1-12(2)11-21-14-9-7-13(8-10-14)17(20)18-15-5-3-4-6-16(15)19/h7-10,12,15-16,19H,3-6,11H2,1-2H3,(H,18,20). The molecule has 1 amide bonds. The van der Waals surface area contributed by atoms with Crippen molar-refractivity contribution in [1.82, 2.24) is 5.32 Å². The van der Waals surface area contributed by atoms with Crippen molar-refractivity contribution in [2.75, 3.05) is 6.61 Å². The Morgan fingerprint density at radius 1 is 1.29 bits per heavy atom. The van der Waals surface area contributed by atoms with E-state index >= 15 is 0 Å². The van der Waals surface area contributed by atoms with E-state index in [1.54, 1.807) is 12.1 Å². The Labute approximate surface area is 126 Å². The van der Waals surface area contributed by atoms with Gasteiger partial charge in [-0.25, -0.2) is 0 Å². The number of hydrogen-bond donors (Lipinski definition) is 2. The summed E-state index contributed by atoms with van der Waals surface area (Å²) in [7, 11) is 0. The molecule has 1 aliphatic carbocycles. The van der Waals surface area contributed by atoms with Gasteiger partial charge in [-0.15, -0.1) is 0 Å². The highest BCUT2D eigenvalue weighted by atomic mass is 16.5. The molecule has 4 nitrogen and oxygen atoms in total. The fourth-order valence-corrected chi connectivity index (χ4v) is 2.50. The molecule has 0 aliphatic heterocycles. The van der Waals surface area contributed by atoms with Crippen molar-refractivity contribution >= 4 is 5.91 Å². The molecule has 4 heteroatoms. The average molecular weight is 291 g/mol. The SMILES string of the molecule is CC(C)COc1ccc(C(=O)NC2CCCCC2O)cc1. The van der Waals surface area contributed by atoms with Gasteiger partial charge < -0.3 is 15.2 Å². The lowest BCUT2D eigenvalue weighted by molar-refractivity contribution is 0.0717. The van der Waals surface area contributed by atoms with Crippen molar-refractivity contribution in [3.05, 3.63) is 29.8 Å². The van der Waals surface area contributed by atoms with Crippen molar-refractivity contribution in [1.29, 1.82) is 0 Å². The predicted molar refractivity (Wildman–Crippen MR) is 82.5 cm³/mol. The highest BCUT2D eigenvalue weighted by Gasteiger charge is 2.24. The summed E-state index contributed by atoms with van der Waals surface area (Å²) in [5.41, 5.74) is 0.602. The number of amides is 1. The molecule has 2 unspecified atom stereocenters. The van der Waals surface area contributed by atoms with Crippen LogP contribution < -0.4 is 10.1 Å². The number of hydrogen-bond acceptors (Lipinski definition) is 3. The van der Waals surface area contributed by atoms with Gasteiger partial charge in [0.15, 0.2) is 0 Å². The van der Waals surface area contributed by atoms with Gasteiger partial charge in [0, 0.05) is 5.56 Å². The monoisotopic (exact) mass is 291 g/mol. The topological polar surface area (TPSA) is 58.6 Å². The molecular weight excluding hydrogens is 266 g/mol. The lowest BCUT2D eigenvalue weighted by Gasteiger charge is -2.28. The Kier molecular flexibility index (Phi) is 5.62. The number of rotatable bonds is 5. The van der Waals surface area contributed by atoms with Crippen LogP contribution >= 0.6 is 0 Å². The average Bonchev–Trinajstić information content (AvgIpc) is 2.48. The first kappa shape index (κ1) is 15.8. The van der Waals surface area contributed by atoms with Crippen LogP contribution in [0.4, 0.5) is 0 Å². The molecule has 0 radical (unpaired) electrons. The molecule has 1 aromatic rings. The van der Waals surface area contributed by atoms with E-state index in [9.17, 15) is 9.90 Å². The van der Waals surface area contributed by atoms with E-state index < -0.39 is 6.10 Å². The summed E-state index contributed by atoms with van der Waals surface area (Å²) >= 11 is 0. The lowest BCUT2D eigenvalue weighted by Crippen LogP contribution is -2.45. The molecule has 21 heavy (non-hydrogen) atoms. The summed E-state index contributed by atoms with van der Waals surface area (Å²) in [4.78, 5) is 12.2. The number of benzene rings is 1. The van der Waals surface area contributed by atoms with Crippen LogP contribution in [0.1, 0.15) is 49.9 Å². The molecule has 2 N–H and O–H groups in total. The van der Waals surface area contributed by atoms with Crippen LogP contribution in [0, 0.1) is 5.92 Å². The third-order valence-electron chi connectivity index (χ3n) is 3.75. The quantitative estimate of drug-likeness (QED) is 0.877. The van der Waals surface area contributed by atoms with Gasteiger partial charge in [-0.3, -0.25) is 4.79 Å². The van der Waals surface area contributed by atoms with Crippen molar-refractivity contribution in [2.45, 2.75) is 51.7 Å². The Hall–Kier alpha value is -1.55. The molecule has 1 saturated carbocycles. The second-order valence-corrected chi connectivity index (χ2v) is 6.16. The molecule has 0 aromatic heterocycles. The van der Waals surface area contributed by atoms with Crippen molar-refractivity contribution in [3.8, 4) is 5.75 Å². The smallest absolute Gasteiger partial charge is 0.251 e. The largest absolute Gasteiger partial charge is 0.493 e. The van der Waals surface area contributed by atoms with Gasteiger partial charge in [-0.2, -0.15) is 0 Å². The first-order chi connectivity index (χ1) is 10.1. The summed E-state index contributed by atoms with van der Waals surface area (Å²) < 4.78 is 5.60. The lowest BCUT2D eigenvalue weighted by atomic mass is 9.92. The zero-order valence-corrected chi connectivity index (χ0v) is 12.8.